The van der Waals surface area contributed by atoms with Crippen molar-refractivity contribution in [1.29, 1.82) is 5.26 Å². The lowest BCUT2D eigenvalue weighted by atomic mass is 10.2. The van der Waals surface area contributed by atoms with Gasteiger partial charge < -0.3 is 5.32 Å². The van der Waals surface area contributed by atoms with Gasteiger partial charge in [-0.05, 0) is 36.8 Å². The molecule has 21 heavy (non-hydrogen) atoms. The van der Waals surface area contributed by atoms with Gasteiger partial charge in [-0.25, -0.2) is 4.98 Å². The molecule has 0 aliphatic carbocycles. The van der Waals surface area contributed by atoms with Gasteiger partial charge in [0, 0.05) is 16.9 Å². The van der Waals surface area contributed by atoms with Crippen LogP contribution in [0.4, 0.5) is 5.69 Å². The van der Waals surface area contributed by atoms with Gasteiger partial charge in [0.15, 0.2) is 0 Å². The average molecular weight is 318 g/mol. The number of amides is 1. The first-order chi connectivity index (χ1) is 10.1. The van der Waals surface area contributed by atoms with E-state index in [-0.39, 0.29) is 11.7 Å². The summed E-state index contributed by atoms with van der Waals surface area (Å²) in [5.41, 5.74) is 1.98. The van der Waals surface area contributed by atoms with Gasteiger partial charge in [-0.1, -0.05) is 29.4 Å². The molecule has 2 rings (SSSR count). The minimum absolute atomic E-state index is 0.167. The molecule has 0 aliphatic rings. The first-order valence-electron chi connectivity index (χ1n) is 6.14. The Morgan fingerprint density at radius 1 is 1.43 bits per heavy atom. The van der Waals surface area contributed by atoms with E-state index in [0.29, 0.717) is 21.3 Å². The Morgan fingerprint density at radius 3 is 3.00 bits per heavy atom. The summed E-state index contributed by atoms with van der Waals surface area (Å²) < 4.78 is 0. The van der Waals surface area contributed by atoms with Crippen molar-refractivity contribution in [2.24, 2.45) is 0 Å². The van der Waals surface area contributed by atoms with Crippen LogP contribution in [-0.2, 0) is 4.79 Å². The largest absolute Gasteiger partial charge is 0.325 e. The number of nitrogens with zero attached hydrogens (tertiary/aromatic N) is 2. The van der Waals surface area contributed by atoms with Crippen molar-refractivity contribution in [2.45, 2.75) is 11.9 Å². The van der Waals surface area contributed by atoms with Crippen molar-refractivity contribution in [1.82, 2.24) is 4.98 Å². The third-order valence-corrected chi connectivity index (χ3v) is 4.19. The van der Waals surface area contributed by atoms with E-state index < -0.39 is 0 Å². The zero-order valence-electron chi connectivity index (χ0n) is 11.3. The van der Waals surface area contributed by atoms with E-state index in [1.807, 2.05) is 6.92 Å². The average Bonchev–Trinajstić information content (AvgIpc) is 2.50. The summed E-state index contributed by atoms with van der Waals surface area (Å²) in [6, 6.07) is 10.8. The molecule has 1 heterocycles. The number of hydrogen-bond donors (Lipinski definition) is 1. The van der Waals surface area contributed by atoms with Crippen molar-refractivity contribution < 1.29 is 4.79 Å². The SMILES string of the molecule is Cc1c(Cl)cccc1NC(=O)CSc1ncccc1C#N. The highest BCUT2D eigenvalue weighted by Gasteiger charge is 2.09. The molecule has 1 aromatic carbocycles. The minimum Gasteiger partial charge on any atom is -0.325 e. The molecule has 0 radical (unpaired) electrons. The van der Waals surface area contributed by atoms with Crippen molar-refractivity contribution in [3.05, 3.63) is 52.7 Å². The van der Waals surface area contributed by atoms with E-state index in [0.717, 1.165) is 5.56 Å². The molecule has 1 N–H and O–H groups in total. The monoisotopic (exact) mass is 317 g/mol. The summed E-state index contributed by atoms with van der Waals surface area (Å²) in [4.78, 5) is 16.1. The van der Waals surface area contributed by atoms with Crippen LogP contribution < -0.4 is 5.32 Å². The number of carbonyl (C=O) groups excluding carboxylic acids is 1. The van der Waals surface area contributed by atoms with E-state index in [1.165, 1.54) is 11.8 Å². The van der Waals surface area contributed by atoms with Gasteiger partial charge >= 0.3 is 0 Å². The fourth-order valence-electron chi connectivity index (χ4n) is 1.65. The van der Waals surface area contributed by atoms with Gasteiger partial charge in [-0.3, -0.25) is 4.79 Å². The van der Waals surface area contributed by atoms with Crippen LogP contribution in [0.2, 0.25) is 5.02 Å². The third kappa shape index (κ3) is 3.97. The number of benzene rings is 1. The molecule has 106 valence electrons. The molecular formula is C15H12ClN3OS. The van der Waals surface area contributed by atoms with Gasteiger partial charge in [-0.2, -0.15) is 5.26 Å². The van der Waals surface area contributed by atoms with Gasteiger partial charge in [0.25, 0.3) is 0 Å². The third-order valence-electron chi connectivity index (χ3n) is 2.77. The molecule has 0 saturated carbocycles. The van der Waals surface area contributed by atoms with Gasteiger partial charge in [0.1, 0.15) is 11.1 Å². The fraction of sp³-hybridized carbons (Fsp3) is 0.133. The summed E-state index contributed by atoms with van der Waals surface area (Å²) in [6.07, 6.45) is 1.60. The van der Waals surface area contributed by atoms with Crippen LogP contribution >= 0.6 is 23.4 Å². The molecule has 0 atom stereocenters. The highest BCUT2D eigenvalue weighted by atomic mass is 35.5. The standard InChI is InChI=1S/C15H12ClN3OS/c1-10-12(16)5-2-6-13(10)19-14(20)9-21-15-11(8-17)4-3-7-18-15/h2-7H,9H2,1H3,(H,19,20). The number of thioether (sulfide) groups is 1. The van der Waals surface area contributed by atoms with Crippen LogP contribution in [0.1, 0.15) is 11.1 Å². The van der Waals surface area contributed by atoms with E-state index in [9.17, 15) is 4.79 Å². The lowest BCUT2D eigenvalue weighted by Crippen LogP contribution is -2.15. The van der Waals surface area contributed by atoms with Crippen LogP contribution in [0.25, 0.3) is 0 Å². The second-order valence-corrected chi connectivity index (χ2v) is 5.59. The summed E-state index contributed by atoms with van der Waals surface area (Å²) in [5, 5.41) is 12.9. The number of nitrogens with one attached hydrogen (secondary N) is 1. The highest BCUT2D eigenvalue weighted by Crippen LogP contribution is 2.24. The number of aromatic nitrogens is 1. The van der Waals surface area contributed by atoms with Gasteiger partial charge in [0.2, 0.25) is 5.91 Å². The Kier molecular flexibility index (Phi) is 5.20. The lowest BCUT2D eigenvalue weighted by Gasteiger charge is -2.09. The number of carbonyl (C=O) groups is 1. The zero-order chi connectivity index (χ0) is 15.2. The van der Waals surface area contributed by atoms with Crippen LogP contribution in [0.5, 0.6) is 0 Å². The maximum atomic E-state index is 12.0. The van der Waals surface area contributed by atoms with E-state index >= 15 is 0 Å². The Hall–Kier alpha value is -2.03. The van der Waals surface area contributed by atoms with Crippen molar-refractivity contribution >= 4 is 35.0 Å². The minimum atomic E-state index is -0.167. The maximum Gasteiger partial charge on any atom is 0.234 e. The molecule has 2 aromatic rings. The first-order valence-corrected chi connectivity index (χ1v) is 7.51. The molecule has 0 fully saturated rings. The Balaban J connectivity index is 2.00. The molecule has 1 amide bonds. The maximum absolute atomic E-state index is 12.0. The lowest BCUT2D eigenvalue weighted by molar-refractivity contribution is -0.113. The van der Waals surface area contributed by atoms with Crippen LogP contribution in [0.15, 0.2) is 41.6 Å². The Morgan fingerprint density at radius 2 is 2.24 bits per heavy atom. The van der Waals surface area contributed by atoms with E-state index in [4.69, 9.17) is 16.9 Å². The highest BCUT2D eigenvalue weighted by molar-refractivity contribution is 8.00. The second-order valence-electron chi connectivity index (χ2n) is 4.22. The predicted octanol–water partition coefficient (Wildman–Crippen LogP) is 3.65. The van der Waals surface area contributed by atoms with Crippen molar-refractivity contribution in [3.8, 4) is 6.07 Å². The smallest absolute Gasteiger partial charge is 0.234 e. The summed E-state index contributed by atoms with van der Waals surface area (Å²) in [7, 11) is 0. The van der Waals surface area contributed by atoms with Gasteiger partial charge in [0.05, 0.1) is 11.3 Å². The molecule has 0 saturated heterocycles. The topological polar surface area (TPSA) is 65.8 Å². The van der Waals surface area contributed by atoms with Crippen molar-refractivity contribution in [3.63, 3.8) is 0 Å². The number of halogens is 1. The van der Waals surface area contributed by atoms with Crippen LogP contribution in [0.3, 0.4) is 0 Å². The zero-order valence-corrected chi connectivity index (χ0v) is 12.8. The number of anilines is 1. The molecule has 0 unspecified atom stereocenters. The predicted molar refractivity (Wildman–Crippen MR) is 84.5 cm³/mol. The molecule has 0 bridgehead atoms. The van der Waals surface area contributed by atoms with Crippen molar-refractivity contribution in [2.75, 3.05) is 11.1 Å². The summed E-state index contributed by atoms with van der Waals surface area (Å²) in [6.45, 7) is 1.84. The number of hydrogen-bond acceptors (Lipinski definition) is 4. The molecule has 0 spiro atoms. The molecule has 6 heteroatoms. The van der Waals surface area contributed by atoms with E-state index in [1.54, 1.807) is 36.5 Å². The molecule has 1 aromatic heterocycles. The van der Waals surface area contributed by atoms with Gasteiger partial charge in [-0.15, -0.1) is 0 Å². The van der Waals surface area contributed by atoms with Crippen LogP contribution in [0, 0.1) is 18.3 Å². The Bertz CT molecular complexity index is 712. The van der Waals surface area contributed by atoms with E-state index in [2.05, 4.69) is 16.4 Å². The fourth-order valence-corrected chi connectivity index (χ4v) is 2.57. The number of nitriles is 1. The number of rotatable bonds is 4. The second kappa shape index (κ2) is 7.11. The number of pyridine rings is 1. The summed E-state index contributed by atoms with van der Waals surface area (Å²) in [5.74, 6) is 0.0115. The molecule has 0 aliphatic heterocycles. The quantitative estimate of drug-likeness (QED) is 0.874. The normalized spacial score (nSPS) is 9.95. The first kappa shape index (κ1) is 15.4. The van der Waals surface area contributed by atoms with Crippen LogP contribution in [-0.4, -0.2) is 16.6 Å². The Labute approximate surface area is 132 Å². The summed E-state index contributed by atoms with van der Waals surface area (Å²) >= 11 is 7.24. The molecule has 4 nitrogen and oxygen atoms in total. The molecular weight excluding hydrogens is 306 g/mol.